The second kappa shape index (κ2) is 7.31. The fourth-order valence-corrected chi connectivity index (χ4v) is 3.39. The first-order valence-electron chi connectivity index (χ1n) is 7.80. The van der Waals surface area contributed by atoms with Crippen molar-refractivity contribution in [2.45, 2.75) is 33.0 Å². The minimum absolute atomic E-state index is 0.0411. The molecule has 6 nitrogen and oxygen atoms in total. The normalized spacial score (nSPS) is 22.0. The average molecular weight is 340 g/mol. The standard InChI is InChI=1S/C16H24N2O4S/c1-4-23(20,21)11-16(19)17-14-7-5-6-8-15(14)18-9-12(2)22-13(3)10-18/h5-8,12-13H,4,9-11H2,1-3H3,(H,17,19)/t12-,13-/m0/s1. The number of para-hydroxylation sites is 2. The maximum Gasteiger partial charge on any atom is 0.239 e. The lowest BCUT2D eigenvalue weighted by molar-refractivity contribution is -0.113. The molecule has 0 aliphatic carbocycles. The summed E-state index contributed by atoms with van der Waals surface area (Å²) in [5.41, 5.74) is 1.52. The zero-order valence-electron chi connectivity index (χ0n) is 13.8. The van der Waals surface area contributed by atoms with Gasteiger partial charge >= 0.3 is 0 Å². The van der Waals surface area contributed by atoms with E-state index in [1.807, 2.05) is 32.0 Å². The SMILES string of the molecule is CCS(=O)(=O)CC(=O)Nc1ccccc1N1C[C@H](C)O[C@@H](C)C1. The number of benzene rings is 1. The van der Waals surface area contributed by atoms with E-state index >= 15 is 0 Å². The van der Waals surface area contributed by atoms with Gasteiger partial charge in [0.25, 0.3) is 0 Å². The van der Waals surface area contributed by atoms with Crippen LogP contribution in [0.5, 0.6) is 0 Å². The molecule has 0 spiro atoms. The lowest BCUT2D eigenvalue weighted by atomic mass is 10.1. The molecule has 0 unspecified atom stereocenters. The Morgan fingerprint density at radius 1 is 1.26 bits per heavy atom. The molecule has 1 saturated heterocycles. The van der Waals surface area contributed by atoms with Crippen LogP contribution in [0.25, 0.3) is 0 Å². The number of nitrogens with zero attached hydrogens (tertiary/aromatic N) is 1. The molecule has 1 heterocycles. The smallest absolute Gasteiger partial charge is 0.239 e. The van der Waals surface area contributed by atoms with Crippen LogP contribution in [0.3, 0.4) is 0 Å². The van der Waals surface area contributed by atoms with Crippen molar-refractivity contribution in [2.75, 3.05) is 34.8 Å². The molecule has 1 fully saturated rings. The zero-order valence-corrected chi connectivity index (χ0v) is 14.6. The Kier molecular flexibility index (Phi) is 5.64. The number of morpholine rings is 1. The van der Waals surface area contributed by atoms with Crippen molar-refractivity contribution in [3.8, 4) is 0 Å². The van der Waals surface area contributed by atoms with Crippen LogP contribution >= 0.6 is 0 Å². The van der Waals surface area contributed by atoms with Crippen LogP contribution in [0.4, 0.5) is 11.4 Å². The minimum Gasteiger partial charge on any atom is -0.372 e. The maximum absolute atomic E-state index is 12.0. The molecule has 0 saturated carbocycles. The Morgan fingerprint density at radius 3 is 2.48 bits per heavy atom. The number of rotatable bonds is 5. The highest BCUT2D eigenvalue weighted by Crippen LogP contribution is 2.28. The zero-order chi connectivity index (χ0) is 17.0. The van der Waals surface area contributed by atoms with Gasteiger partial charge in [0.05, 0.1) is 23.6 Å². The van der Waals surface area contributed by atoms with Gasteiger partial charge in [0, 0.05) is 18.8 Å². The Balaban J connectivity index is 2.16. The Morgan fingerprint density at radius 2 is 1.87 bits per heavy atom. The summed E-state index contributed by atoms with van der Waals surface area (Å²) in [7, 11) is -3.34. The average Bonchev–Trinajstić information content (AvgIpc) is 2.46. The van der Waals surface area contributed by atoms with Gasteiger partial charge in [0.1, 0.15) is 5.75 Å². The van der Waals surface area contributed by atoms with Gasteiger partial charge in [-0.15, -0.1) is 0 Å². The number of carbonyl (C=O) groups is 1. The lowest BCUT2D eigenvalue weighted by Gasteiger charge is -2.37. The van der Waals surface area contributed by atoms with Crippen LogP contribution in [-0.2, 0) is 19.4 Å². The number of ether oxygens (including phenoxy) is 1. The van der Waals surface area contributed by atoms with Crippen molar-refractivity contribution < 1.29 is 17.9 Å². The van der Waals surface area contributed by atoms with Crippen LogP contribution in [0.2, 0.25) is 0 Å². The topological polar surface area (TPSA) is 75.7 Å². The molecule has 2 atom stereocenters. The van der Waals surface area contributed by atoms with E-state index < -0.39 is 21.5 Å². The minimum atomic E-state index is -3.34. The summed E-state index contributed by atoms with van der Waals surface area (Å²) in [6.45, 7) is 7.01. The Hall–Kier alpha value is -1.60. The molecule has 1 aromatic carbocycles. The third-order valence-corrected chi connectivity index (χ3v) is 5.31. The summed E-state index contributed by atoms with van der Waals surface area (Å²) >= 11 is 0. The van der Waals surface area contributed by atoms with Crippen molar-refractivity contribution in [3.05, 3.63) is 24.3 Å². The van der Waals surface area contributed by atoms with Crippen LogP contribution in [0, 0.1) is 0 Å². The van der Waals surface area contributed by atoms with Gasteiger partial charge in [0.2, 0.25) is 5.91 Å². The van der Waals surface area contributed by atoms with Gasteiger partial charge < -0.3 is 15.0 Å². The number of nitrogens with one attached hydrogen (secondary N) is 1. The molecule has 1 aliphatic heterocycles. The summed E-state index contributed by atoms with van der Waals surface area (Å²) in [6.07, 6.45) is 0.200. The summed E-state index contributed by atoms with van der Waals surface area (Å²) in [6, 6.07) is 7.44. The monoisotopic (exact) mass is 340 g/mol. The number of hydrogen-bond acceptors (Lipinski definition) is 5. The highest BCUT2D eigenvalue weighted by Gasteiger charge is 2.24. The Labute approximate surface area is 137 Å². The van der Waals surface area contributed by atoms with Crippen LogP contribution < -0.4 is 10.2 Å². The van der Waals surface area contributed by atoms with Crippen molar-refractivity contribution in [2.24, 2.45) is 0 Å². The molecule has 0 radical (unpaired) electrons. The van der Waals surface area contributed by atoms with Gasteiger partial charge in [-0.25, -0.2) is 8.42 Å². The largest absolute Gasteiger partial charge is 0.372 e. The first-order valence-corrected chi connectivity index (χ1v) is 9.62. The molecule has 23 heavy (non-hydrogen) atoms. The second-order valence-electron chi connectivity index (χ2n) is 5.90. The van der Waals surface area contributed by atoms with Crippen molar-refractivity contribution in [1.82, 2.24) is 0 Å². The predicted octanol–water partition coefficient (Wildman–Crippen LogP) is 1.67. The quantitative estimate of drug-likeness (QED) is 0.882. The van der Waals surface area contributed by atoms with Crippen molar-refractivity contribution in [3.63, 3.8) is 0 Å². The molecule has 0 aromatic heterocycles. The van der Waals surface area contributed by atoms with E-state index in [1.165, 1.54) is 6.92 Å². The van der Waals surface area contributed by atoms with Gasteiger partial charge in [-0.05, 0) is 26.0 Å². The highest BCUT2D eigenvalue weighted by molar-refractivity contribution is 7.92. The molecule has 0 bridgehead atoms. The van der Waals surface area contributed by atoms with Gasteiger partial charge in [-0.1, -0.05) is 19.1 Å². The summed E-state index contributed by atoms with van der Waals surface area (Å²) in [5.74, 6) is -1.04. The van der Waals surface area contributed by atoms with Crippen LogP contribution in [0.15, 0.2) is 24.3 Å². The van der Waals surface area contributed by atoms with E-state index in [-0.39, 0.29) is 18.0 Å². The maximum atomic E-state index is 12.0. The summed E-state index contributed by atoms with van der Waals surface area (Å²) in [4.78, 5) is 14.2. The molecule has 1 aromatic rings. The van der Waals surface area contributed by atoms with E-state index in [4.69, 9.17) is 4.74 Å². The lowest BCUT2D eigenvalue weighted by Crippen LogP contribution is -2.45. The molecule has 7 heteroatoms. The van der Waals surface area contributed by atoms with Gasteiger partial charge in [-0.2, -0.15) is 0 Å². The van der Waals surface area contributed by atoms with Crippen molar-refractivity contribution >= 4 is 27.1 Å². The third kappa shape index (κ3) is 4.94. The number of hydrogen-bond donors (Lipinski definition) is 1. The van der Waals surface area contributed by atoms with E-state index in [0.29, 0.717) is 5.69 Å². The number of amides is 1. The first-order chi connectivity index (χ1) is 10.8. The van der Waals surface area contributed by atoms with Crippen LogP contribution in [-0.4, -0.2) is 51.1 Å². The van der Waals surface area contributed by atoms with Gasteiger partial charge in [0.15, 0.2) is 9.84 Å². The third-order valence-electron chi connectivity index (χ3n) is 3.73. The fraction of sp³-hybridized carbons (Fsp3) is 0.562. The van der Waals surface area contributed by atoms with Gasteiger partial charge in [-0.3, -0.25) is 4.79 Å². The molecule has 128 valence electrons. The van der Waals surface area contributed by atoms with E-state index in [9.17, 15) is 13.2 Å². The number of anilines is 2. The predicted molar refractivity (Wildman–Crippen MR) is 91.6 cm³/mol. The Bertz CT molecular complexity index is 650. The van der Waals surface area contributed by atoms with E-state index in [1.54, 1.807) is 6.07 Å². The molecular weight excluding hydrogens is 316 g/mol. The van der Waals surface area contributed by atoms with Crippen molar-refractivity contribution in [1.29, 1.82) is 0 Å². The van der Waals surface area contributed by atoms with E-state index in [2.05, 4.69) is 10.2 Å². The molecule has 1 N–H and O–H groups in total. The molecule has 1 amide bonds. The summed E-state index contributed by atoms with van der Waals surface area (Å²) < 4.78 is 28.9. The fourth-order valence-electron chi connectivity index (χ4n) is 2.72. The molecule has 2 rings (SSSR count). The number of carbonyl (C=O) groups excluding carboxylic acids is 1. The first kappa shape index (κ1) is 17.7. The number of sulfone groups is 1. The second-order valence-corrected chi connectivity index (χ2v) is 8.26. The van der Waals surface area contributed by atoms with Crippen LogP contribution in [0.1, 0.15) is 20.8 Å². The highest BCUT2D eigenvalue weighted by atomic mass is 32.2. The van der Waals surface area contributed by atoms with E-state index in [0.717, 1.165) is 18.8 Å². The summed E-state index contributed by atoms with van der Waals surface area (Å²) in [5, 5.41) is 2.73. The molecular formula is C16H24N2O4S. The molecule has 1 aliphatic rings.